The van der Waals surface area contributed by atoms with E-state index in [0.717, 1.165) is 30.8 Å². The van der Waals surface area contributed by atoms with Gasteiger partial charge in [0.25, 0.3) is 0 Å². The first-order chi connectivity index (χ1) is 11.7. The zero-order valence-corrected chi connectivity index (χ0v) is 14.8. The smallest absolute Gasteiger partial charge is 0.233 e. The van der Waals surface area contributed by atoms with E-state index in [-0.39, 0.29) is 5.91 Å². The first kappa shape index (κ1) is 16.8. The molecule has 0 saturated carbocycles. The Kier molecular flexibility index (Phi) is 5.40. The third-order valence-electron chi connectivity index (χ3n) is 4.31. The van der Waals surface area contributed by atoms with Gasteiger partial charge in [-0.05, 0) is 38.3 Å². The number of benzene rings is 1. The van der Waals surface area contributed by atoms with Gasteiger partial charge in [0.05, 0.1) is 18.6 Å². The number of carbonyl (C=O) groups is 1. The molecule has 1 aliphatic rings. The highest BCUT2D eigenvalue weighted by Crippen LogP contribution is 2.27. The molecule has 7 heteroatoms. The van der Waals surface area contributed by atoms with Gasteiger partial charge in [0.2, 0.25) is 5.91 Å². The third kappa shape index (κ3) is 3.56. The van der Waals surface area contributed by atoms with Crippen molar-refractivity contribution in [3.8, 4) is 11.4 Å². The van der Waals surface area contributed by atoms with Crippen LogP contribution in [-0.4, -0.2) is 51.0 Å². The van der Waals surface area contributed by atoms with E-state index in [1.165, 1.54) is 18.2 Å². The molecule has 1 aromatic heterocycles. The van der Waals surface area contributed by atoms with Crippen LogP contribution in [-0.2, 0) is 4.79 Å². The fourth-order valence-electron chi connectivity index (χ4n) is 2.99. The lowest BCUT2D eigenvalue weighted by Gasteiger charge is -2.33. The summed E-state index contributed by atoms with van der Waals surface area (Å²) in [6.45, 7) is 2.98. The minimum absolute atomic E-state index is 0.168. The second-order valence-corrected chi connectivity index (χ2v) is 6.82. The van der Waals surface area contributed by atoms with Crippen molar-refractivity contribution in [2.24, 2.45) is 0 Å². The highest BCUT2D eigenvalue weighted by Gasteiger charge is 2.23. The number of thioether (sulfide) groups is 1. The van der Waals surface area contributed by atoms with Crippen LogP contribution in [0.1, 0.15) is 26.2 Å². The van der Waals surface area contributed by atoms with E-state index >= 15 is 0 Å². The predicted molar refractivity (Wildman–Crippen MR) is 93.7 cm³/mol. The molecule has 2 heterocycles. The van der Waals surface area contributed by atoms with E-state index in [9.17, 15) is 4.79 Å². The monoisotopic (exact) mass is 346 g/mol. The minimum atomic E-state index is 0.168. The molecular weight excluding hydrogens is 324 g/mol. The molecule has 3 rings (SSSR count). The molecule has 1 saturated heterocycles. The molecule has 1 amide bonds. The molecule has 6 nitrogen and oxygen atoms in total. The second kappa shape index (κ2) is 7.70. The van der Waals surface area contributed by atoms with E-state index < -0.39 is 0 Å². The topological polar surface area (TPSA) is 60.2 Å². The van der Waals surface area contributed by atoms with Gasteiger partial charge in [-0.3, -0.25) is 9.36 Å². The molecule has 128 valence electrons. The van der Waals surface area contributed by atoms with Gasteiger partial charge in [-0.25, -0.2) is 0 Å². The third-order valence-corrected chi connectivity index (χ3v) is 5.24. The Bertz CT molecular complexity index is 703. The molecule has 1 atom stereocenters. The Morgan fingerprint density at radius 3 is 3.00 bits per heavy atom. The number of hydrogen-bond donors (Lipinski definition) is 0. The number of carbonyl (C=O) groups excluding carboxylic acids is 1. The SMILES string of the molecule is COc1ccccc1-n1cnnc1SCC(=O)N1CCCCC1C. The molecule has 0 bridgehead atoms. The summed E-state index contributed by atoms with van der Waals surface area (Å²) in [6, 6.07) is 8.03. The van der Waals surface area contributed by atoms with Gasteiger partial charge in [0.1, 0.15) is 12.1 Å². The number of nitrogens with zero attached hydrogens (tertiary/aromatic N) is 4. The van der Waals surface area contributed by atoms with Crippen molar-refractivity contribution in [3.05, 3.63) is 30.6 Å². The molecule has 0 spiro atoms. The van der Waals surface area contributed by atoms with Gasteiger partial charge in [-0.1, -0.05) is 23.9 Å². The Hall–Kier alpha value is -2.02. The number of amides is 1. The minimum Gasteiger partial charge on any atom is -0.495 e. The normalized spacial score (nSPS) is 17.8. The summed E-state index contributed by atoms with van der Waals surface area (Å²) < 4.78 is 7.26. The number of hydrogen-bond acceptors (Lipinski definition) is 5. The lowest BCUT2D eigenvalue weighted by molar-refractivity contribution is -0.131. The molecule has 0 N–H and O–H groups in total. The predicted octanol–water partition coefficient (Wildman–Crippen LogP) is 2.77. The molecule has 1 fully saturated rings. The zero-order chi connectivity index (χ0) is 16.9. The number of para-hydroxylation sites is 2. The summed E-state index contributed by atoms with van der Waals surface area (Å²) in [7, 11) is 1.64. The highest BCUT2D eigenvalue weighted by atomic mass is 32.2. The number of aromatic nitrogens is 3. The van der Waals surface area contributed by atoms with E-state index in [4.69, 9.17) is 4.74 Å². The summed E-state index contributed by atoms with van der Waals surface area (Å²) in [5, 5.41) is 8.84. The number of methoxy groups -OCH3 is 1. The van der Waals surface area contributed by atoms with Crippen LogP contribution in [0, 0.1) is 0 Å². The van der Waals surface area contributed by atoms with Crippen molar-refractivity contribution in [2.75, 3.05) is 19.4 Å². The lowest BCUT2D eigenvalue weighted by Crippen LogP contribution is -2.42. The molecule has 2 aromatic rings. The lowest BCUT2D eigenvalue weighted by atomic mass is 10.0. The maximum absolute atomic E-state index is 12.5. The average Bonchev–Trinajstić information content (AvgIpc) is 3.08. The maximum Gasteiger partial charge on any atom is 0.233 e. The van der Waals surface area contributed by atoms with Crippen LogP contribution in [0.15, 0.2) is 35.7 Å². The van der Waals surface area contributed by atoms with Crippen molar-refractivity contribution in [1.29, 1.82) is 0 Å². The molecule has 0 radical (unpaired) electrons. The summed E-state index contributed by atoms with van der Waals surface area (Å²) in [5.74, 6) is 1.29. The fraction of sp³-hybridized carbons (Fsp3) is 0.471. The Balaban J connectivity index is 1.71. The molecule has 1 aliphatic heterocycles. The summed E-state index contributed by atoms with van der Waals surface area (Å²) >= 11 is 1.41. The van der Waals surface area contributed by atoms with E-state index in [1.54, 1.807) is 13.4 Å². The van der Waals surface area contributed by atoms with Crippen molar-refractivity contribution in [2.45, 2.75) is 37.4 Å². The number of piperidine rings is 1. The maximum atomic E-state index is 12.5. The Morgan fingerprint density at radius 1 is 1.38 bits per heavy atom. The van der Waals surface area contributed by atoms with Gasteiger partial charge in [-0.15, -0.1) is 10.2 Å². The molecule has 24 heavy (non-hydrogen) atoms. The highest BCUT2D eigenvalue weighted by molar-refractivity contribution is 7.99. The van der Waals surface area contributed by atoms with Gasteiger partial charge in [0.15, 0.2) is 5.16 Å². The van der Waals surface area contributed by atoms with Crippen molar-refractivity contribution < 1.29 is 9.53 Å². The molecule has 1 aromatic carbocycles. The summed E-state index contributed by atoms with van der Waals surface area (Å²) in [5.41, 5.74) is 0.867. The molecule has 1 unspecified atom stereocenters. The first-order valence-corrected chi connectivity index (χ1v) is 9.15. The Labute approximate surface area is 146 Å². The van der Waals surface area contributed by atoms with E-state index in [2.05, 4.69) is 17.1 Å². The number of rotatable bonds is 5. The quantitative estimate of drug-likeness (QED) is 0.779. The zero-order valence-electron chi connectivity index (χ0n) is 14.0. The van der Waals surface area contributed by atoms with Crippen LogP contribution in [0.4, 0.5) is 0 Å². The van der Waals surface area contributed by atoms with Crippen LogP contribution >= 0.6 is 11.8 Å². The first-order valence-electron chi connectivity index (χ1n) is 8.16. The molecule has 0 aliphatic carbocycles. The van der Waals surface area contributed by atoms with Gasteiger partial charge >= 0.3 is 0 Å². The van der Waals surface area contributed by atoms with Gasteiger partial charge < -0.3 is 9.64 Å². The summed E-state index contributed by atoms with van der Waals surface area (Å²) in [4.78, 5) is 14.5. The largest absolute Gasteiger partial charge is 0.495 e. The van der Waals surface area contributed by atoms with Gasteiger partial charge in [-0.2, -0.15) is 0 Å². The Morgan fingerprint density at radius 2 is 2.21 bits per heavy atom. The van der Waals surface area contributed by atoms with Crippen molar-refractivity contribution in [3.63, 3.8) is 0 Å². The van der Waals surface area contributed by atoms with Crippen LogP contribution < -0.4 is 4.74 Å². The van der Waals surface area contributed by atoms with Crippen LogP contribution in [0.3, 0.4) is 0 Å². The standard InChI is InChI=1S/C17H22N4O2S/c1-13-7-5-6-10-20(13)16(22)11-24-17-19-18-12-21(17)14-8-3-4-9-15(14)23-2/h3-4,8-9,12-13H,5-7,10-11H2,1-2H3. The second-order valence-electron chi connectivity index (χ2n) is 5.88. The van der Waals surface area contributed by atoms with Crippen molar-refractivity contribution >= 4 is 17.7 Å². The average molecular weight is 346 g/mol. The number of ether oxygens (including phenoxy) is 1. The van der Waals surface area contributed by atoms with Crippen LogP contribution in [0.2, 0.25) is 0 Å². The van der Waals surface area contributed by atoms with Crippen molar-refractivity contribution in [1.82, 2.24) is 19.7 Å². The van der Waals surface area contributed by atoms with Crippen LogP contribution in [0.25, 0.3) is 5.69 Å². The van der Waals surface area contributed by atoms with E-state index in [0.29, 0.717) is 17.0 Å². The van der Waals surface area contributed by atoms with Gasteiger partial charge in [0, 0.05) is 12.6 Å². The van der Waals surface area contributed by atoms with E-state index in [1.807, 2.05) is 33.7 Å². The van der Waals surface area contributed by atoms with Crippen LogP contribution in [0.5, 0.6) is 5.75 Å². The summed E-state index contributed by atoms with van der Waals surface area (Å²) in [6.07, 6.45) is 5.04. The molecular formula is C17H22N4O2S. The fourth-order valence-corrected chi connectivity index (χ4v) is 3.80. The number of likely N-dealkylation sites (tertiary alicyclic amines) is 1.